The quantitative estimate of drug-likeness (QED) is 0.465. The summed E-state index contributed by atoms with van der Waals surface area (Å²) in [6, 6.07) is 24.7. The first kappa shape index (κ1) is 14.5. The normalized spacial score (nSPS) is 11.4. The second-order valence-electron chi connectivity index (χ2n) is 5.85. The Morgan fingerprint density at radius 1 is 0.792 bits per heavy atom. The van der Waals surface area contributed by atoms with Crippen molar-refractivity contribution in [1.29, 1.82) is 0 Å². The molecule has 0 radical (unpaired) electrons. The molecule has 0 bridgehead atoms. The molecule has 0 atom stereocenters. The fraction of sp³-hybridized carbons (Fsp3) is 0.0455. The van der Waals surface area contributed by atoms with Crippen LogP contribution in [-0.4, -0.2) is 4.98 Å². The van der Waals surface area contributed by atoms with Crippen molar-refractivity contribution in [1.82, 2.24) is 4.98 Å². The van der Waals surface area contributed by atoms with Crippen molar-refractivity contribution in [2.45, 2.75) is 6.92 Å². The summed E-state index contributed by atoms with van der Waals surface area (Å²) in [7, 11) is 0. The third kappa shape index (κ3) is 2.99. The lowest BCUT2D eigenvalue weighted by Gasteiger charge is -1.99. The molecule has 0 aliphatic heterocycles. The number of nitrogens with zero attached hydrogens (tertiary/aromatic N) is 1. The number of rotatable bonds is 3. The molecule has 3 aromatic carbocycles. The van der Waals surface area contributed by atoms with E-state index in [2.05, 4.69) is 54.4 Å². The number of oxazole rings is 1. The van der Waals surface area contributed by atoms with Gasteiger partial charge in [-0.1, -0.05) is 66.2 Å². The van der Waals surface area contributed by atoms with Gasteiger partial charge in [-0.25, -0.2) is 4.98 Å². The van der Waals surface area contributed by atoms with E-state index in [1.54, 1.807) is 0 Å². The molecule has 1 heterocycles. The van der Waals surface area contributed by atoms with Crippen molar-refractivity contribution in [3.8, 4) is 11.1 Å². The van der Waals surface area contributed by atoms with E-state index in [1.807, 2.05) is 42.5 Å². The Labute approximate surface area is 141 Å². The summed E-state index contributed by atoms with van der Waals surface area (Å²) in [5.74, 6) is 0.622. The molecule has 116 valence electrons. The molecule has 4 rings (SSSR count). The Morgan fingerprint density at radius 3 is 2.50 bits per heavy atom. The van der Waals surface area contributed by atoms with E-state index in [4.69, 9.17) is 4.42 Å². The van der Waals surface area contributed by atoms with E-state index >= 15 is 0 Å². The number of benzene rings is 3. The third-order valence-electron chi connectivity index (χ3n) is 3.97. The maximum absolute atomic E-state index is 5.81. The van der Waals surface area contributed by atoms with Crippen LogP contribution in [0.3, 0.4) is 0 Å². The van der Waals surface area contributed by atoms with Crippen molar-refractivity contribution in [3.05, 3.63) is 89.8 Å². The molecule has 2 heteroatoms. The van der Waals surface area contributed by atoms with Gasteiger partial charge < -0.3 is 4.42 Å². The van der Waals surface area contributed by atoms with Gasteiger partial charge in [-0.05, 0) is 41.8 Å². The summed E-state index contributed by atoms with van der Waals surface area (Å²) in [5.41, 5.74) is 6.38. The average molecular weight is 311 g/mol. The topological polar surface area (TPSA) is 26.0 Å². The van der Waals surface area contributed by atoms with Crippen LogP contribution < -0.4 is 0 Å². The van der Waals surface area contributed by atoms with Crippen LogP contribution in [0.15, 0.2) is 77.2 Å². The number of hydrogen-bond acceptors (Lipinski definition) is 2. The molecule has 0 N–H and O–H groups in total. The fourth-order valence-corrected chi connectivity index (χ4v) is 2.77. The lowest BCUT2D eigenvalue weighted by Crippen LogP contribution is -1.77. The van der Waals surface area contributed by atoms with Gasteiger partial charge >= 0.3 is 0 Å². The zero-order chi connectivity index (χ0) is 16.4. The maximum Gasteiger partial charge on any atom is 0.220 e. The summed E-state index contributed by atoms with van der Waals surface area (Å²) in [4.78, 5) is 4.58. The van der Waals surface area contributed by atoms with Gasteiger partial charge in [-0.3, -0.25) is 0 Å². The maximum atomic E-state index is 5.81. The molecule has 4 aromatic rings. The highest BCUT2D eigenvalue weighted by molar-refractivity contribution is 5.82. The zero-order valence-corrected chi connectivity index (χ0v) is 13.4. The van der Waals surface area contributed by atoms with Gasteiger partial charge in [0.2, 0.25) is 5.89 Å². The highest BCUT2D eigenvalue weighted by atomic mass is 16.3. The second kappa shape index (κ2) is 6.17. The smallest absolute Gasteiger partial charge is 0.220 e. The third-order valence-corrected chi connectivity index (χ3v) is 3.97. The van der Waals surface area contributed by atoms with Crippen LogP contribution in [0, 0.1) is 6.92 Å². The number of aromatic nitrogens is 1. The summed E-state index contributed by atoms with van der Waals surface area (Å²) in [6.45, 7) is 2.09. The number of hydrogen-bond donors (Lipinski definition) is 0. The van der Waals surface area contributed by atoms with E-state index in [9.17, 15) is 0 Å². The van der Waals surface area contributed by atoms with Crippen molar-refractivity contribution in [2.75, 3.05) is 0 Å². The lowest BCUT2D eigenvalue weighted by molar-refractivity contribution is 0.590. The van der Waals surface area contributed by atoms with Gasteiger partial charge in [-0.2, -0.15) is 0 Å². The lowest BCUT2D eigenvalue weighted by atomic mass is 10.1. The standard InChI is InChI=1S/C22H17NO/c1-16-6-5-7-17(14-16)10-13-22-23-20-15-19(11-12-21(20)24-22)18-8-3-2-4-9-18/h2-15H,1H3. The highest BCUT2D eigenvalue weighted by Gasteiger charge is 2.05. The van der Waals surface area contributed by atoms with Crippen LogP contribution in [0.4, 0.5) is 0 Å². The Balaban J connectivity index is 1.66. The largest absolute Gasteiger partial charge is 0.437 e. The van der Waals surface area contributed by atoms with Crippen LogP contribution in [0.2, 0.25) is 0 Å². The Morgan fingerprint density at radius 2 is 1.67 bits per heavy atom. The van der Waals surface area contributed by atoms with Crippen molar-refractivity contribution < 1.29 is 4.42 Å². The van der Waals surface area contributed by atoms with E-state index < -0.39 is 0 Å². The molecule has 0 saturated carbocycles. The Hall–Kier alpha value is -3.13. The molecule has 0 spiro atoms. The molecule has 0 saturated heterocycles. The molecule has 1 aromatic heterocycles. The van der Waals surface area contributed by atoms with Gasteiger partial charge in [0.1, 0.15) is 5.52 Å². The highest BCUT2D eigenvalue weighted by Crippen LogP contribution is 2.25. The van der Waals surface area contributed by atoms with E-state index in [0.29, 0.717) is 5.89 Å². The van der Waals surface area contributed by atoms with Crippen LogP contribution in [0.5, 0.6) is 0 Å². The number of fused-ring (bicyclic) bond motifs is 1. The first-order valence-corrected chi connectivity index (χ1v) is 7.99. The molecule has 0 aliphatic carbocycles. The van der Waals surface area contributed by atoms with Crippen LogP contribution in [0.1, 0.15) is 17.0 Å². The fourth-order valence-electron chi connectivity index (χ4n) is 2.77. The summed E-state index contributed by atoms with van der Waals surface area (Å²) in [6.07, 6.45) is 3.94. The SMILES string of the molecule is Cc1cccc(C=Cc2nc3cc(-c4ccccc4)ccc3o2)c1. The van der Waals surface area contributed by atoms with E-state index in [0.717, 1.165) is 22.2 Å². The Kier molecular flexibility index (Phi) is 3.72. The van der Waals surface area contributed by atoms with E-state index in [1.165, 1.54) is 11.1 Å². The minimum atomic E-state index is 0.622. The summed E-state index contributed by atoms with van der Waals surface area (Å²) in [5, 5.41) is 0. The minimum absolute atomic E-state index is 0.622. The molecular weight excluding hydrogens is 294 g/mol. The first-order chi connectivity index (χ1) is 11.8. The van der Waals surface area contributed by atoms with Gasteiger partial charge in [0.05, 0.1) is 0 Å². The predicted octanol–water partition coefficient (Wildman–Crippen LogP) is 5.97. The Bertz CT molecular complexity index is 1010. The van der Waals surface area contributed by atoms with Crippen molar-refractivity contribution in [3.63, 3.8) is 0 Å². The van der Waals surface area contributed by atoms with E-state index in [-0.39, 0.29) is 0 Å². The van der Waals surface area contributed by atoms with Crippen LogP contribution in [-0.2, 0) is 0 Å². The average Bonchev–Trinajstić information content (AvgIpc) is 3.03. The van der Waals surface area contributed by atoms with Crippen molar-refractivity contribution >= 4 is 23.3 Å². The first-order valence-electron chi connectivity index (χ1n) is 7.99. The summed E-state index contributed by atoms with van der Waals surface area (Å²) >= 11 is 0. The summed E-state index contributed by atoms with van der Waals surface area (Å²) < 4.78 is 5.81. The van der Waals surface area contributed by atoms with Gasteiger partial charge in [0.15, 0.2) is 5.58 Å². The molecule has 2 nitrogen and oxygen atoms in total. The number of aryl methyl sites for hydroxylation is 1. The second-order valence-corrected chi connectivity index (χ2v) is 5.85. The van der Waals surface area contributed by atoms with Crippen LogP contribution >= 0.6 is 0 Å². The van der Waals surface area contributed by atoms with Gasteiger partial charge in [0.25, 0.3) is 0 Å². The molecular formula is C22H17NO. The zero-order valence-electron chi connectivity index (χ0n) is 13.4. The monoisotopic (exact) mass is 311 g/mol. The van der Waals surface area contributed by atoms with Gasteiger partial charge in [-0.15, -0.1) is 0 Å². The van der Waals surface area contributed by atoms with Crippen molar-refractivity contribution in [2.24, 2.45) is 0 Å². The van der Waals surface area contributed by atoms with Gasteiger partial charge in [0, 0.05) is 6.08 Å². The molecule has 0 aliphatic rings. The molecule has 0 amide bonds. The molecule has 24 heavy (non-hydrogen) atoms. The predicted molar refractivity (Wildman–Crippen MR) is 99.6 cm³/mol. The minimum Gasteiger partial charge on any atom is -0.437 e. The molecule has 0 unspecified atom stereocenters. The van der Waals surface area contributed by atoms with Crippen LogP contribution in [0.25, 0.3) is 34.4 Å². The molecule has 0 fully saturated rings.